The summed E-state index contributed by atoms with van der Waals surface area (Å²) in [6, 6.07) is 2.91. The standard InChI is InChI=1S/C18H26N4O5S/c1-27-8-3-6-22-18(24)16-11-15(13-21(16)7-9-28(22,25)26)20-17(23)10-14-4-2-5-19-12-14/h2,4-5,12,15-16H,3,6-11,13H2,1H3,(H,20,23)/t15-,16-/m0/s1. The molecule has 0 unspecified atom stereocenters. The molecule has 3 heterocycles. The van der Waals surface area contributed by atoms with Gasteiger partial charge in [0.05, 0.1) is 18.2 Å². The van der Waals surface area contributed by atoms with Crippen molar-refractivity contribution in [2.24, 2.45) is 0 Å². The van der Waals surface area contributed by atoms with Crippen LogP contribution in [-0.4, -0.2) is 85.6 Å². The summed E-state index contributed by atoms with van der Waals surface area (Å²) >= 11 is 0. The molecule has 1 aromatic heterocycles. The number of sulfonamides is 1. The number of fused-ring (bicyclic) bond motifs is 1. The molecular weight excluding hydrogens is 384 g/mol. The lowest BCUT2D eigenvalue weighted by molar-refractivity contribution is -0.130. The Morgan fingerprint density at radius 2 is 2.25 bits per heavy atom. The van der Waals surface area contributed by atoms with Crippen LogP contribution >= 0.6 is 0 Å². The van der Waals surface area contributed by atoms with E-state index in [0.29, 0.717) is 26.0 Å². The Kier molecular flexibility index (Phi) is 6.63. The fraction of sp³-hybridized carbons (Fsp3) is 0.611. The molecule has 2 aliphatic rings. The molecule has 1 aromatic rings. The van der Waals surface area contributed by atoms with Gasteiger partial charge in [0.2, 0.25) is 15.9 Å². The Hall–Kier alpha value is -2.04. The van der Waals surface area contributed by atoms with Crippen molar-refractivity contribution >= 4 is 21.8 Å². The molecule has 0 radical (unpaired) electrons. The minimum Gasteiger partial charge on any atom is -0.385 e. The van der Waals surface area contributed by atoms with Crippen molar-refractivity contribution in [3.05, 3.63) is 30.1 Å². The van der Waals surface area contributed by atoms with Gasteiger partial charge in [-0.15, -0.1) is 0 Å². The van der Waals surface area contributed by atoms with E-state index in [2.05, 4.69) is 10.3 Å². The number of aromatic nitrogens is 1. The molecule has 1 N–H and O–H groups in total. The highest BCUT2D eigenvalue weighted by Gasteiger charge is 2.45. The van der Waals surface area contributed by atoms with Crippen LogP contribution in [0.1, 0.15) is 18.4 Å². The highest BCUT2D eigenvalue weighted by atomic mass is 32.2. The molecule has 3 rings (SSSR count). The second kappa shape index (κ2) is 8.97. The van der Waals surface area contributed by atoms with E-state index in [1.165, 1.54) is 7.11 Å². The number of rotatable bonds is 7. The third kappa shape index (κ3) is 4.86. The van der Waals surface area contributed by atoms with Gasteiger partial charge in [-0.3, -0.25) is 19.5 Å². The van der Waals surface area contributed by atoms with Gasteiger partial charge in [0, 0.05) is 51.8 Å². The number of hydrogen-bond acceptors (Lipinski definition) is 7. The first-order valence-corrected chi connectivity index (χ1v) is 11.0. The maximum Gasteiger partial charge on any atom is 0.253 e. The first-order chi connectivity index (χ1) is 13.4. The maximum atomic E-state index is 12.9. The van der Waals surface area contributed by atoms with Crippen LogP contribution in [0.3, 0.4) is 0 Å². The van der Waals surface area contributed by atoms with E-state index in [9.17, 15) is 18.0 Å². The van der Waals surface area contributed by atoms with Gasteiger partial charge in [-0.05, 0) is 24.5 Å². The molecule has 2 amide bonds. The summed E-state index contributed by atoms with van der Waals surface area (Å²) in [5.74, 6) is -0.635. The predicted octanol–water partition coefficient (Wildman–Crippen LogP) is -0.608. The number of amides is 2. The quantitative estimate of drug-likeness (QED) is 0.598. The molecule has 0 saturated carbocycles. The van der Waals surface area contributed by atoms with Gasteiger partial charge in [0.25, 0.3) is 5.91 Å². The number of hydrogen-bond donors (Lipinski definition) is 1. The highest BCUT2D eigenvalue weighted by molar-refractivity contribution is 7.89. The number of pyridine rings is 1. The fourth-order valence-corrected chi connectivity index (χ4v) is 5.22. The summed E-state index contributed by atoms with van der Waals surface area (Å²) in [5, 5.41) is 2.96. The number of carbonyl (C=O) groups is 2. The molecule has 2 atom stereocenters. The lowest BCUT2D eigenvalue weighted by atomic mass is 10.1. The lowest BCUT2D eigenvalue weighted by Gasteiger charge is -2.23. The molecular formula is C18H26N4O5S. The zero-order chi connectivity index (χ0) is 20.1. The van der Waals surface area contributed by atoms with E-state index in [0.717, 1.165) is 9.87 Å². The van der Waals surface area contributed by atoms with Crippen molar-refractivity contribution in [1.29, 1.82) is 0 Å². The molecule has 2 fully saturated rings. The highest BCUT2D eigenvalue weighted by Crippen LogP contribution is 2.25. The summed E-state index contributed by atoms with van der Waals surface area (Å²) < 4.78 is 30.9. The van der Waals surface area contributed by atoms with E-state index >= 15 is 0 Å². The number of carbonyl (C=O) groups excluding carboxylic acids is 2. The van der Waals surface area contributed by atoms with Crippen LogP contribution in [-0.2, 0) is 30.8 Å². The van der Waals surface area contributed by atoms with Crippen molar-refractivity contribution in [1.82, 2.24) is 19.5 Å². The molecule has 28 heavy (non-hydrogen) atoms. The van der Waals surface area contributed by atoms with E-state index in [1.54, 1.807) is 18.5 Å². The monoisotopic (exact) mass is 410 g/mol. The molecule has 9 nitrogen and oxygen atoms in total. The third-order valence-corrected chi connectivity index (χ3v) is 6.80. The third-order valence-electron chi connectivity index (χ3n) is 5.07. The summed E-state index contributed by atoms with van der Waals surface area (Å²) in [6.07, 6.45) is 4.39. The zero-order valence-electron chi connectivity index (χ0n) is 15.9. The Bertz CT molecular complexity index is 801. The van der Waals surface area contributed by atoms with Crippen LogP contribution in [0.15, 0.2) is 24.5 Å². The molecule has 10 heteroatoms. The minimum atomic E-state index is -3.62. The minimum absolute atomic E-state index is 0.0986. The normalized spacial score (nSPS) is 24.6. The van der Waals surface area contributed by atoms with Crippen molar-refractivity contribution in [2.75, 3.05) is 39.1 Å². The Labute approximate surface area is 165 Å². The van der Waals surface area contributed by atoms with Gasteiger partial charge in [-0.2, -0.15) is 0 Å². The average Bonchev–Trinajstić information content (AvgIpc) is 3.03. The second-order valence-electron chi connectivity index (χ2n) is 7.12. The van der Waals surface area contributed by atoms with Crippen LogP contribution in [0, 0.1) is 0 Å². The van der Waals surface area contributed by atoms with Gasteiger partial charge >= 0.3 is 0 Å². The van der Waals surface area contributed by atoms with Crippen LogP contribution in [0.25, 0.3) is 0 Å². The Morgan fingerprint density at radius 1 is 1.43 bits per heavy atom. The molecule has 0 bridgehead atoms. The molecule has 0 spiro atoms. The van der Waals surface area contributed by atoms with Gasteiger partial charge in [0.15, 0.2) is 0 Å². The van der Waals surface area contributed by atoms with E-state index in [1.807, 2.05) is 11.0 Å². The molecule has 0 aromatic carbocycles. The summed E-state index contributed by atoms with van der Waals surface area (Å²) in [5.41, 5.74) is 0.819. The number of ether oxygens (including phenoxy) is 1. The molecule has 2 saturated heterocycles. The summed E-state index contributed by atoms with van der Waals surface area (Å²) in [4.78, 5) is 31.1. The van der Waals surface area contributed by atoms with Crippen molar-refractivity contribution < 1.29 is 22.7 Å². The van der Waals surface area contributed by atoms with E-state index < -0.39 is 22.0 Å². The van der Waals surface area contributed by atoms with Gasteiger partial charge in [0.1, 0.15) is 0 Å². The van der Waals surface area contributed by atoms with Gasteiger partial charge in [-0.1, -0.05) is 6.07 Å². The van der Waals surface area contributed by atoms with Crippen molar-refractivity contribution in [2.45, 2.75) is 31.3 Å². The van der Waals surface area contributed by atoms with Gasteiger partial charge < -0.3 is 10.1 Å². The largest absolute Gasteiger partial charge is 0.385 e. The van der Waals surface area contributed by atoms with Crippen LogP contribution in [0.2, 0.25) is 0 Å². The predicted molar refractivity (Wildman–Crippen MR) is 102 cm³/mol. The first kappa shape index (κ1) is 20.7. The van der Waals surface area contributed by atoms with Crippen LogP contribution < -0.4 is 5.32 Å². The fourth-order valence-electron chi connectivity index (χ4n) is 3.73. The SMILES string of the molecule is COCCCN1C(=O)[C@@H]2C[C@H](NC(=O)Cc3cccnc3)CN2CCS1(=O)=O. The summed E-state index contributed by atoms with van der Waals surface area (Å²) in [7, 11) is -2.08. The number of nitrogens with one attached hydrogen (secondary N) is 1. The van der Waals surface area contributed by atoms with Crippen molar-refractivity contribution in [3.63, 3.8) is 0 Å². The number of methoxy groups -OCH3 is 1. The van der Waals surface area contributed by atoms with Gasteiger partial charge in [-0.25, -0.2) is 12.7 Å². The smallest absolute Gasteiger partial charge is 0.253 e. The first-order valence-electron chi connectivity index (χ1n) is 9.36. The lowest BCUT2D eigenvalue weighted by Crippen LogP contribution is -2.44. The molecule has 154 valence electrons. The maximum absolute atomic E-state index is 12.9. The molecule has 2 aliphatic heterocycles. The zero-order valence-corrected chi connectivity index (χ0v) is 16.7. The van der Waals surface area contributed by atoms with E-state index in [4.69, 9.17) is 4.74 Å². The Balaban J connectivity index is 1.62. The van der Waals surface area contributed by atoms with Crippen LogP contribution in [0.5, 0.6) is 0 Å². The average molecular weight is 410 g/mol. The van der Waals surface area contributed by atoms with E-state index in [-0.39, 0.29) is 37.2 Å². The topological polar surface area (TPSA) is 109 Å². The number of nitrogens with zero attached hydrogens (tertiary/aromatic N) is 3. The summed E-state index contributed by atoms with van der Waals surface area (Å²) in [6.45, 7) is 1.27. The van der Waals surface area contributed by atoms with Crippen LogP contribution in [0.4, 0.5) is 0 Å². The Morgan fingerprint density at radius 3 is 2.96 bits per heavy atom. The second-order valence-corrected chi connectivity index (χ2v) is 9.13. The molecule has 0 aliphatic carbocycles. The van der Waals surface area contributed by atoms with Crippen molar-refractivity contribution in [3.8, 4) is 0 Å².